The molecule has 0 N–H and O–H groups in total. The highest BCUT2D eigenvalue weighted by Crippen LogP contribution is 2.32. The first-order valence-electron chi connectivity index (χ1n) is 11.8. The fourth-order valence-electron chi connectivity index (χ4n) is 4.02. The number of carbonyl (C=O) groups excluding carboxylic acids is 2. The number of carbonyl (C=O) groups is 2. The topological polar surface area (TPSA) is 68.1 Å². The molecule has 6 nitrogen and oxygen atoms in total. The minimum absolute atomic E-state index is 0.234. The van der Waals surface area contributed by atoms with E-state index in [2.05, 4.69) is 44.2 Å². The molecule has 2 aromatic carbocycles. The molecule has 1 aliphatic rings. The number of rotatable bonds is 5. The highest BCUT2D eigenvalue weighted by molar-refractivity contribution is 14.2. The lowest BCUT2D eigenvalue weighted by Crippen LogP contribution is -2.29. The van der Waals surface area contributed by atoms with E-state index >= 15 is 0 Å². The standard InChI is InChI=1S/C23H17IN4O2S.2C2H6/c1-2-14-11-15(20-19-9-10-28(31-24)21(19)26-13-25-20)7-8-16(14)12-27-22(29)17-5-3-4-6-18(17)23(27)30;2*1-2/h3-11,13H,2,12H2,1H3;2*1-2H3. The van der Waals surface area contributed by atoms with E-state index in [4.69, 9.17) is 0 Å². The highest BCUT2D eigenvalue weighted by Gasteiger charge is 2.35. The number of nitrogens with zero attached hydrogens (tertiary/aromatic N) is 4. The molecule has 8 heteroatoms. The first-order chi connectivity index (χ1) is 17.1. The Hall–Kier alpha value is -2.72. The van der Waals surface area contributed by atoms with Crippen LogP contribution >= 0.6 is 30.3 Å². The van der Waals surface area contributed by atoms with Crippen molar-refractivity contribution in [2.45, 2.75) is 47.6 Å². The summed E-state index contributed by atoms with van der Waals surface area (Å²) in [7, 11) is 1.56. The van der Waals surface area contributed by atoms with Crippen LogP contribution in [-0.4, -0.2) is 30.7 Å². The second kappa shape index (κ2) is 12.3. The van der Waals surface area contributed by atoms with Crippen LogP contribution in [0.1, 0.15) is 66.5 Å². The summed E-state index contributed by atoms with van der Waals surface area (Å²) in [6, 6.07) is 15.1. The van der Waals surface area contributed by atoms with Crippen LogP contribution < -0.4 is 0 Å². The Morgan fingerprint density at radius 2 is 1.54 bits per heavy atom. The molecule has 2 aromatic heterocycles. The van der Waals surface area contributed by atoms with Crippen molar-refractivity contribution in [2.75, 3.05) is 0 Å². The van der Waals surface area contributed by atoms with Crippen LogP contribution in [0, 0.1) is 0 Å². The van der Waals surface area contributed by atoms with E-state index in [0.29, 0.717) is 11.1 Å². The van der Waals surface area contributed by atoms with E-state index in [1.54, 1.807) is 39.7 Å². The molecule has 182 valence electrons. The van der Waals surface area contributed by atoms with Crippen molar-refractivity contribution in [3.8, 4) is 11.3 Å². The summed E-state index contributed by atoms with van der Waals surface area (Å²) in [5.41, 5.74) is 5.74. The van der Waals surface area contributed by atoms with Gasteiger partial charge in [-0.25, -0.2) is 9.97 Å². The number of aryl methyl sites for hydroxylation is 1. The third-order valence-corrected chi connectivity index (χ3v) is 7.31. The molecule has 0 aliphatic carbocycles. The molecule has 5 rings (SSSR count). The van der Waals surface area contributed by atoms with E-state index in [1.165, 1.54) is 4.90 Å². The molecule has 0 saturated heterocycles. The zero-order chi connectivity index (χ0) is 25.5. The van der Waals surface area contributed by atoms with Crippen molar-refractivity contribution >= 4 is 53.2 Å². The van der Waals surface area contributed by atoms with Crippen molar-refractivity contribution < 1.29 is 9.59 Å². The van der Waals surface area contributed by atoms with Gasteiger partial charge in [0, 0.05) is 47.5 Å². The van der Waals surface area contributed by atoms with Crippen LogP contribution in [0.15, 0.2) is 61.1 Å². The van der Waals surface area contributed by atoms with Crippen LogP contribution in [0.25, 0.3) is 22.3 Å². The van der Waals surface area contributed by atoms with Crippen molar-refractivity contribution in [3.63, 3.8) is 0 Å². The first-order valence-corrected chi connectivity index (χ1v) is 15.1. The van der Waals surface area contributed by atoms with Gasteiger partial charge in [-0.3, -0.25) is 18.5 Å². The second-order valence-electron chi connectivity index (χ2n) is 7.25. The Labute approximate surface area is 222 Å². The number of fused-ring (bicyclic) bond motifs is 2. The number of imide groups is 1. The Balaban J connectivity index is 0.000000815. The third-order valence-electron chi connectivity index (χ3n) is 5.59. The Morgan fingerprint density at radius 3 is 2.14 bits per heavy atom. The molecular weight excluding hydrogens is 571 g/mol. The van der Waals surface area contributed by atoms with Crippen LogP contribution in [0.3, 0.4) is 0 Å². The molecule has 35 heavy (non-hydrogen) atoms. The lowest BCUT2D eigenvalue weighted by Gasteiger charge is -2.17. The van der Waals surface area contributed by atoms with E-state index in [9.17, 15) is 9.59 Å². The zero-order valence-electron chi connectivity index (χ0n) is 20.6. The maximum absolute atomic E-state index is 12.8. The lowest BCUT2D eigenvalue weighted by atomic mass is 9.99. The smallest absolute Gasteiger partial charge is 0.261 e. The molecule has 0 fully saturated rings. The van der Waals surface area contributed by atoms with E-state index < -0.39 is 0 Å². The first kappa shape index (κ1) is 26.9. The van der Waals surface area contributed by atoms with Gasteiger partial charge in [-0.1, -0.05) is 58.9 Å². The van der Waals surface area contributed by atoms with E-state index in [1.807, 2.05) is 56.1 Å². The summed E-state index contributed by atoms with van der Waals surface area (Å²) in [5.74, 6) is -0.469. The maximum atomic E-state index is 12.8. The third kappa shape index (κ3) is 5.13. The fourth-order valence-corrected chi connectivity index (χ4v) is 5.29. The molecule has 0 radical (unpaired) electrons. The average molecular weight is 601 g/mol. The Morgan fingerprint density at radius 1 is 0.886 bits per heavy atom. The monoisotopic (exact) mass is 600 g/mol. The van der Waals surface area contributed by atoms with Gasteiger partial charge in [0.2, 0.25) is 0 Å². The summed E-state index contributed by atoms with van der Waals surface area (Å²) in [6.07, 6.45) is 4.35. The predicted octanol–water partition coefficient (Wildman–Crippen LogP) is 7.36. The van der Waals surface area contributed by atoms with Crippen molar-refractivity contribution in [1.29, 1.82) is 0 Å². The SMILES string of the molecule is CC.CC.CCc1cc(-c2ncnc3c2ccn3SI)ccc1CN1C(=O)c2ccccc2C1=O. The van der Waals surface area contributed by atoms with Crippen LogP contribution in [0.2, 0.25) is 0 Å². The molecular formula is C27H29IN4O2S. The fraction of sp³-hybridized carbons (Fsp3) is 0.259. The molecule has 2 amide bonds. The average Bonchev–Trinajstić information content (AvgIpc) is 3.46. The van der Waals surface area contributed by atoms with Gasteiger partial charge in [0.25, 0.3) is 11.8 Å². The molecule has 1 aliphatic heterocycles. The number of benzene rings is 2. The number of aromatic nitrogens is 3. The Bertz CT molecular complexity index is 1320. The number of amides is 2. The molecule has 0 unspecified atom stereocenters. The normalized spacial score (nSPS) is 12.1. The molecule has 3 heterocycles. The van der Waals surface area contributed by atoms with Gasteiger partial charge < -0.3 is 0 Å². The molecule has 0 atom stereocenters. The number of hydrogen-bond acceptors (Lipinski definition) is 5. The largest absolute Gasteiger partial charge is 0.270 e. The van der Waals surface area contributed by atoms with Gasteiger partial charge >= 0.3 is 0 Å². The molecule has 0 saturated carbocycles. The van der Waals surface area contributed by atoms with Gasteiger partial charge in [-0.15, -0.1) is 0 Å². The summed E-state index contributed by atoms with van der Waals surface area (Å²) >= 11 is 2.23. The lowest BCUT2D eigenvalue weighted by molar-refractivity contribution is 0.0642. The minimum atomic E-state index is -0.234. The molecule has 4 aromatic rings. The molecule has 0 spiro atoms. The van der Waals surface area contributed by atoms with Crippen LogP contribution in [-0.2, 0) is 13.0 Å². The summed E-state index contributed by atoms with van der Waals surface area (Å²) < 4.78 is 2.00. The van der Waals surface area contributed by atoms with Gasteiger partial charge in [0.1, 0.15) is 6.33 Å². The van der Waals surface area contributed by atoms with E-state index in [0.717, 1.165) is 39.8 Å². The quantitative estimate of drug-likeness (QED) is 0.177. The zero-order valence-corrected chi connectivity index (χ0v) is 23.6. The number of hydrogen-bond donors (Lipinski definition) is 0. The number of halogens is 1. The van der Waals surface area contributed by atoms with Crippen LogP contribution in [0.4, 0.5) is 0 Å². The van der Waals surface area contributed by atoms with Gasteiger partial charge in [-0.2, -0.15) is 0 Å². The van der Waals surface area contributed by atoms with Crippen molar-refractivity contribution in [3.05, 3.63) is 83.3 Å². The summed E-state index contributed by atoms with van der Waals surface area (Å²) in [6.45, 7) is 10.3. The van der Waals surface area contributed by atoms with Crippen LogP contribution in [0.5, 0.6) is 0 Å². The summed E-state index contributed by atoms with van der Waals surface area (Å²) in [4.78, 5) is 35.8. The van der Waals surface area contributed by atoms with Crippen molar-refractivity contribution in [1.82, 2.24) is 18.8 Å². The maximum Gasteiger partial charge on any atom is 0.261 e. The summed E-state index contributed by atoms with van der Waals surface area (Å²) in [5, 5.41) is 0.988. The molecule has 0 bridgehead atoms. The highest BCUT2D eigenvalue weighted by atomic mass is 127. The van der Waals surface area contributed by atoms with E-state index in [-0.39, 0.29) is 18.4 Å². The minimum Gasteiger partial charge on any atom is -0.270 e. The second-order valence-corrected chi connectivity index (χ2v) is 8.96. The predicted molar refractivity (Wildman–Crippen MR) is 153 cm³/mol. The van der Waals surface area contributed by atoms with Gasteiger partial charge in [0.05, 0.1) is 23.4 Å². The Kier molecular flexibility index (Phi) is 9.45. The van der Waals surface area contributed by atoms with Gasteiger partial charge in [0.15, 0.2) is 5.65 Å². The van der Waals surface area contributed by atoms with Crippen molar-refractivity contribution in [2.24, 2.45) is 0 Å². The van der Waals surface area contributed by atoms with Gasteiger partial charge in [-0.05, 0) is 41.8 Å².